The third-order valence-electron chi connectivity index (χ3n) is 3.42. The van der Waals surface area contributed by atoms with Gasteiger partial charge < -0.3 is 0 Å². The Morgan fingerprint density at radius 1 is 1.30 bits per heavy atom. The highest BCUT2D eigenvalue weighted by molar-refractivity contribution is 7.93. The van der Waals surface area contributed by atoms with E-state index in [2.05, 4.69) is 4.72 Å². The minimum atomic E-state index is -3.72. The molecule has 3 nitrogen and oxygen atoms in total. The number of rotatable bonds is 3. The SMILES string of the molecule is CC1(C)C=CC(S(=O)(=O)Nc2ccc(F)cc2F)CC1. The van der Waals surface area contributed by atoms with Gasteiger partial charge in [0.2, 0.25) is 10.0 Å². The summed E-state index contributed by atoms with van der Waals surface area (Å²) < 4.78 is 52.8. The summed E-state index contributed by atoms with van der Waals surface area (Å²) in [4.78, 5) is 0. The molecule has 2 rings (SSSR count). The molecule has 0 aliphatic heterocycles. The van der Waals surface area contributed by atoms with E-state index in [0.717, 1.165) is 18.6 Å². The lowest BCUT2D eigenvalue weighted by atomic mass is 9.83. The maximum Gasteiger partial charge on any atom is 0.239 e. The van der Waals surface area contributed by atoms with Crippen LogP contribution in [-0.2, 0) is 10.0 Å². The zero-order valence-electron chi connectivity index (χ0n) is 11.4. The van der Waals surface area contributed by atoms with Gasteiger partial charge in [-0.3, -0.25) is 4.72 Å². The monoisotopic (exact) mass is 301 g/mol. The molecule has 1 aliphatic carbocycles. The average molecular weight is 301 g/mol. The second kappa shape index (κ2) is 5.16. The Bertz CT molecular complexity index is 639. The van der Waals surface area contributed by atoms with E-state index in [1.165, 1.54) is 0 Å². The maximum atomic E-state index is 13.5. The molecule has 20 heavy (non-hydrogen) atoms. The van der Waals surface area contributed by atoms with Crippen LogP contribution in [0.3, 0.4) is 0 Å². The van der Waals surface area contributed by atoms with Gasteiger partial charge in [0.15, 0.2) is 0 Å². The fraction of sp³-hybridized carbons (Fsp3) is 0.429. The molecule has 0 bridgehead atoms. The Labute approximate surface area is 117 Å². The molecule has 0 fully saturated rings. The van der Waals surface area contributed by atoms with E-state index in [4.69, 9.17) is 0 Å². The Hall–Kier alpha value is -1.43. The van der Waals surface area contributed by atoms with Crippen molar-refractivity contribution in [2.24, 2.45) is 5.41 Å². The van der Waals surface area contributed by atoms with Gasteiger partial charge in [0.05, 0.1) is 10.9 Å². The zero-order chi connectivity index (χ0) is 15.0. The third-order valence-corrected chi connectivity index (χ3v) is 5.11. The lowest BCUT2D eigenvalue weighted by molar-refractivity contribution is 0.404. The van der Waals surface area contributed by atoms with Crippen LogP contribution in [0.2, 0.25) is 0 Å². The normalized spacial score (nSPS) is 21.7. The van der Waals surface area contributed by atoms with Crippen LogP contribution < -0.4 is 4.72 Å². The molecule has 0 heterocycles. The van der Waals surface area contributed by atoms with E-state index < -0.39 is 26.9 Å². The van der Waals surface area contributed by atoms with Crippen LogP contribution in [0.15, 0.2) is 30.4 Å². The molecule has 0 spiro atoms. The second-order valence-corrected chi connectivity index (χ2v) is 7.60. The Morgan fingerprint density at radius 3 is 2.55 bits per heavy atom. The molecule has 6 heteroatoms. The first-order chi connectivity index (χ1) is 9.20. The van der Waals surface area contributed by atoms with Gasteiger partial charge in [0.1, 0.15) is 11.6 Å². The van der Waals surface area contributed by atoms with E-state index >= 15 is 0 Å². The van der Waals surface area contributed by atoms with Crippen LogP contribution >= 0.6 is 0 Å². The minimum absolute atomic E-state index is 0.0207. The Morgan fingerprint density at radius 2 is 2.00 bits per heavy atom. The molecule has 0 saturated carbocycles. The van der Waals surface area contributed by atoms with Crippen molar-refractivity contribution in [3.05, 3.63) is 42.0 Å². The summed E-state index contributed by atoms with van der Waals surface area (Å²) in [5.74, 6) is -1.67. The van der Waals surface area contributed by atoms with Gasteiger partial charge in [0, 0.05) is 6.07 Å². The number of nitrogens with one attached hydrogen (secondary N) is 1. The van der Waals surface area contributed by atoms with Gasteiger partial charge in [-0.1, -0.05) is 26.0 Å². The van der Waals surface area contributed by atoms with Crippen LogP contribution in [-0.4, -0.2) is 13.7 Å². The summed E-state index contributed by atoms with van der Waals surface area (Å²) in [5, 5.41) is -0.694. The van der Waals surface area contributed by atoms with Gasteiger partial charge in [-0.25, -0.2) is 17.2 Å². The number of hydrogen-bond acceptors (Lipinski definition) is 2. The Balaban J connectivity index is 2.20. The molecule has 0 saturated heterocycles. The van der Waals surface area contributed by atoms with Crippen molar-refractivity contribution in [1.29, 1.82) is 0 Å². The van der Waals surface area contributed by atoms with Crippen molar-refractivity contribution in [2.45, 2.75) is 31.9 Å². The van der Waals surface area contributed by atoms with Crippen LogP contribution in [0, 0.1) is 17.0 Å². The summed E-state index contributed by atoms with van der Waals surface area (Å²) in [6.07, 6.45) is 4.71. The van der Waals surface area contributed by atoms with Crippen LogP contribution in [0.4, 0.5) is 14.5 Å². The molecule has 0 aromatic heterocycles. The fourth-order valence-electron chi connectivity index (χ4n) is 2.12. The van der Waals surface area contributed by atoms with Crippen molar-refractivity contribution in [2.75, 3.05) is 4.72 Å². The molecule has 0 amide bonds. The number of benzene rings is 1. The number of anilines is 1. The highest BCUT2D eigenvalue weighted by Crippen LogP contribution is 2.32. The lowest BCUT2D eigenvalue weighted by Crippen LogP contribution is -2.30. The molecule has 1 aliphatic rings. The van der Waals surface area contributed by atoms with Gasteiger partial charge >= 0.3 is 0 Å². The van der Waals surface area contributed by atoms with E-state index in [1.54, 1.807) is 6.08 Å². The van der Waals surface area contributed by atoms with Gasteiger partial charge in [-0.2, -0.15) is 0 Å². The van der Waals surface area contributed by atoms with E-state index in [9.17, 15) is 17.2 Å². The lowest BCUT2D eigenvalue weighted by Gasteiger charge is -2.28. The molecule has 1 unspecified atom stereocenters. The van der Waals surface area contributed by atoms with E-state index in [1.807, 2.05) is 19.9 Å². The van der Waals surface area contributed by atoms with Gasteiger partial charge in [-0.15, -0.1) is 0 Å². The van der Waals surface area contributed by atoms with Crippen molar-refractivity contribution in [3.8, 4) is 0 Å². The first kappa shape index (κ1) is 15.0. The maximum absolute atomic E-state index is 13.5. The summed E-state index contributed by atoms with van der Waals surface area (Å²) in [7, 11) is -3.72. The summed E-state index contributed by atoms with van der Waals surface area (Å²) in [5.41, 5.74) is -0.253. The van der Waals surface area contributed by atoms with E-state index in [0.29, 0.717) is 12.5 Å². The quantitative estimate of drug-likeness (QED) is 0.869. The van der Waals surface area contributed by atoms with Gasteiger partial charge in [-0.05, 0) is 30.4 Å². The third kappa shape index (κ3) is 3.36. The zero-order valence-corrected chi connectivity index (χ0v) is 12.2. The van der Waals surface area contributed by atoms with E-state index in [-0.39, 0.29) is 11.1 Å². The first-order valence-electron chi connectivity index (χ1n) is 6.36. The number of halogens is 2. The predicted molar refractivity (Wildman–Crippen MR) is 74.8 cm³/mol. The standard InChI is InChI=1S/C14H17F2NO2S/c1-14(2)7-5-11(6-8-14)20(18,19)17-13-4-3-10(15)9-12(13)16/h3-5,7,9,11,17H,6,8H2,1-2H3. The molecule has 1 aromatic rings. The molecule has 1 atom stereocenters. The molecule has 1 aromatic carbocycles. The van der Waals surface area contributed by atoms with Crippen LogP contribution in [0.5, 0.6) is 0 Å². The molecule has 110 valence electrons. The highest BCUT2D eigenvalue weighted by Gasteiger charge is 2.30. The average Bonchev–Trinajstić information content (AvgIpc) is 2.32. The predicted octanol–water partition coefficient (Wildman–Crippen LogP) is 3.45. The molecule has 1 N–H and O–H groups in total. The smallest absolute Gasteiger partial charge is 0.239 e. The number of hydrogen-bond donors (Lipinski definition) is 1. The molecular formula is C14H17F2NO2S. The van der Waals surface area contributed by atoms with Crippen molar-refractivity contribution in [3.63, 3.8) is 0 Å². The summed E-state index contributed by atoms with van der Waals surface area (Å²) in [6, 6.07) is 2.75. The van der Waals surface area contributed by atoms with Crippen molar-refractivity contribution >= 4 is 15.7 Å². The Kier molecular flexibility index (Phi) is 3.86. The molecule has 0 radical (unpaired) electrons. The summed E-state index contributed by atoms with van der Waals surface area (Å²) in [6.45, 7) is 4.05. The highest BCUT2D eigenvalue weighted by atomic mass is 32.2. The largest absolute Gasteiger partial charge is 0.280 e. The summed E-state index contributed by atoms with van der Waals surface area (Å²) >= 11 is 0. The molecular weight excluding hydrogens is 284 g/mol. The second-order valence-electron chi connectivity index (χ2n) is 5.70. The van der Waals surface area contributed by atoms with Gasteiger partial charge in [0.25, 0.3) is 0 Å². The van der Waals surface area contributed by atoms with Crippen molar-refractivity contribution < 1.29 is 17.2 Å². The topological polar surface area (TPSA) is 46.2 Å². The number of allylic oxidation sites excluding steroid dienone is 1. The fourth-order valence-corrected chi connectivity index (χ4v) is 3.46. The van der Waals surface area contributed by atoms with Crippen LogP contribution in [0.25, 0.3) is 0 Å². The first-order valence-corrected chi connectivity index (χ1v) is 7.90. The minimum Gasteiger partial charge on any atom is -0.280 e. The van der Waals surface area contributed by atoms with Crippen LogP contribution in [0.1, 0.15) is 26.7 Å². The van der Waals surface area contributed by atoms with Crippen molar-refractivity contribution in [1.82, 2.24) is 0 Å². The number of sulfonamides is 1.